The van der Waals surface area contributed by atoms with Crippen LogP contribution in [0.4, 0.5) is 15.8 Å². The zero-order valence-corrected chi connectivity index (χ0v) is 11.7. The number of nitrogens with zero attached hydrogens (tertiary/aromatic N) is 1. The van der Waals surface area contributed by atoms with Crippen molar-refractivity contribution in [1.82, 2.24) is 0 Å². The van der Waals surface area contributed by atoms with Gasteiger partial charge in [-0.15, -0.1) is 0 Å². The molecule has 0 bridgehead atoms. The number of hydrogen-bond donors (Lipinski definition) is 1. The smallest absolute Gasteiger partial charge is 0.130 e. The molecule has 0 aliphatic carbocycles. The van der Waals surface area contributed by atoms with Crippen molar-refractivity contribution >= 4 is 11.4 Å². The Labute approximate surface area is 119 Å². The molecule has 1 N–H and O–H groups in total. The maximum absolute atomic E-state index is 13.9. The molecule has 20 heavy (non-hydrogen) atoms. The average Bonchev–Trinajstić information content (AvgIpc) is 2.49. The van der Waals surface area contributed by atoms with Gasteiger partial charge in [0.05, 0.1) is 6.61 Å². The minimum absolute atomic E-state index is 0.294. The van der Waals surface area contributed by atoms with Gasteiger partial charge >= 0.3 is 0 Å². The zero-order valence-electron chi connectivity index (χ0n) is 11.7. The summed E-state index contributed by atoms with van der Waals surface area (Å²) in [6.45, 7) is 2.64. The molecule has 2 rings (SSSR count). The maximum Gasteiger partial charge on any atom is 0.130 e. The lowest BCUT2D eigenvalue weighted by molar-refractivity contribution is 0.276. The molecule has 2 nitrogen and oxygen atoms in total. The molecule has 0 atom stereocenters. The van der Waals surface area contributed by atoms with E-state index in [-0.39, 0.29) is 12.4 Å². The molecule has 0 aromatic heterocycles. The molecule has 2 aromatic rings. The molecule has 0 spiro atoms. The van der Waals surface area contributed by atoms with Gasteiger partial charge in [-0.3, -0.25) is 0 Å². The van der Waals surface area contributed by atoms with Crippen molar-refractivity contribution in [1.29, 1.82) is 0 Å². The molecule has 0 aliphatic rings. The molecule has 0 saturated carbocycles. The Morgan fingerprint density at radius 2 is 1.80 bits per heavy atom. The Bertz CT molecular complexity index is 542. The van der Waals surface area contributed by atoms with E-state index >= 15 is 0 Å². The first-order chi connectivity index (χ1) is 9.77. The van der Waals surface area contributed by atoms with Crippen LogP contribution >= 0.6 is 0 Å². The van der Waals surface area contributed by atoms with E-state index < -0.39 is 0 Å². The van der Waals surface area contributed by atoms with Crippen molar-refractivity contribution in [3.63, 3.8) is 0 Å². The van der Waals surface area contributed by atoms with E-state index in [9.17, 15) is 9.50 Å². The number of aliphatic hydroxyl groups is 1. The Kier molecular flexibility index (Phi) is 5.13. The number of rotatable bonds is 6. The van der Waals surface area contributed by atoms with E-state index in [2.05, 4.69) is 11.8 Å². The van der Waals surface area contributed by atoms with Gasteiger partial charge in [0.15, 0.2) is 0 Å². The topological polar surface area (TPSA) is 23.5 Å². The van der Waals surface area contributed by atoms with Crippen LogP contribution in [0.15, 0.2) is 48.5 Å². The highest BCUT2D eigenvalue weighted by Gasteiger charge is 2.15. The second-order valence-electron chi connectivity index (χ2n) is 4.74. The van der Waals surface area contributed by atoms with Gasteiger partial charge in [0.25, 0.3) is 0 Å². The van der Waals surface area contributed by atoms with Gasteiger partial charge in [-0.25, -0.2) is 4.39 Å². The second-order valence-corrected chi connectivity index (χ2v) is 4.74. The van der Waals surface area contributed by atoms with Crippen molar-refractivity contribution in [2.24, 2.45) is 0 Å². The lowest BCUT2D eigenvalue weighted by Gasteiger charge is -2.27. The molecule has 0 aliphatic heterocycles. The monoisotopic (exact) mass is 273 g/mol. The highest BCUT2D eigenvalue weighted by atomic mass is 19.1. The first-order valence-corrected chi connectivity index (χ1v) is 6.98. The summed E-state index contributed by atoms with van der Waals surface area (Å²) in [6.07, 6.45) is 2.07. The van der Waals surface area contributed by atoms with Gasteiger partial charge in [0.2, 0.25) is 0 Å². The van der Waals surface area contributed by atoms with E-state index in [1.807, 2.05) is 36.4 Å². The SMILES string of the molecule is CCCCN(c1ccccc1)c1cccc(F)c1CO. The fraction of sp³-hybridized carbons (Fsp3) is 0.294. The van der Waals surface area contributed by atoms with Crippen LogP contribution in [0.25, 0.3) is 0 Å². The van der Waals surface area contributed by atoms with Crippen LogP contribution in [0, 0.1) is 5.82 Å². The molecule has 0 radical (unpaired) electrons. The molecular weight excluding hydrogens is 253 g/mol. The van der Waals surface area contributed by atoms with Crippen LogP contribution in [0.1, 0.15) is 25.3 Å². The van der Waals surface area contributed by atoms with Crippen molar-refractivity contribution in [3.8, 4) is 0 Å². The van der Waals surface area contributed by atoms with Crippen molar-refractivity contribution in [3.05, 3.63) is 59.9 Å². The average molecular weight is 273 g/mol. The quantitative estimate of drug-likeness (QED) is 0.850. The number of hydrogen-bond acceptors (Lipinski definition) is 2. The van der Waals surface area contributed by atoms with E-state index in [1.54, 1.807) is 6.07 Å². The summed E-state index contributed by atoms with van der Waals surface area (Å²) in [5.74, 6) is -0.359. The summed E-state index contributed by atoms with van der Waals surface area (Å²) in [6, 6.07) is 14.8. The number of anilines is 2. The fourth-order valence-corrected chi connectivity index (χ4v) is 2.27. The summed E-state index contributed by atoms with van der Waals surface area (Å²) >= 11 is 0. The minimum atomic E-state index is -0.359. The molecule has 0 amide bonds. The third kappa shape index (κ3) is 3.17. The largest absolute Gasteiger partial charge is 0.391 e. The van der Waals surface area contributed by atoms with Crippen LogP contribution in [0.2, 0.25) is 0 Å². The number of aliphatic hydroxyl groups excluding tert-OH is 1. The van der Waals surface area contributed by atoms with Crippen LogP contribution in [-0.2, 0) is 6.61 Å². The van der Waals surface area contributed by atoms with Crippen molar-refractivity contribution in [2.45, 2.75) is 26.4 Å². The Morgan fingerprint density at radius 3 is 2.45 bits per heavy atom. The van der Waals surface area contributed by atoms with Gasteiger partial charge in [0, 0.05) is 23.5 Å². The number of halogens is 1. The highest BCUT2D eigenvalue weighted by Crippen LogP contribution is 2.30. The fourth-order valence-electron chi connectivity index (χ4n) is 2.27. The molecule has 2 aromatic carbocycles. The van der Waals surface area contributed by atoms with Gasteiger partial charge in [-0.05, 0) is 30.7 Å². The molecule has 3 heteroatoms. The number of para-hydroxylation sites is 1. The normalized spacial score (nSPS) is 10.6. The van der Waals surface area contributed by atoms with Gasteiger partial charge in [0.1, 0.15) is 5.82 Å². The second kappa shape index (κ2) is 7.06. The van der Waals surface area contributed by atoms with Crippen LogP contribution in [-0.4, -0.2) is 11.7 Å². The van der Waals surface area contributed by atoms with E-state index in [0.29, 0.717) is 5.56 Å². The summed E-state index contributed by atoms with van der Waals surface area (Å²) in [5.41, 5.74) is 2.11. The lowest BCUT2D eigenvalue weighted by atomic mass is 10.1. The molecule has 106 valence electrons. The summed E-state index contributed by atoms with van der Waals surface area (Å²) in [5, 5.41) is 9.45. The predicted molar refractivity (Wildman–Crippen MR) is 80.7 cm³/mol. The van der Waals surface area contributed by atoms with Crippen LogP contribution in [0.3, 0.4) is 0 Å². The summed E-state index contributed by atoms with van der Waals surface area (Å²) in [7, 11) is 0. The third-order valence-corrected chi connectivity index (χ3v) is 3.35. The Balaban J connectivity index is 2.44. The standard InChI is InChI=1S/C17H20FNO/c1-2-3-12-19(14-8-5-4-6-9-14)17-11-7-10-16(18)15(17)13-20/h4-11,20H,2-3,12-13H2,1H3. The first-order valence-electron chi connectivity index (χ1n) is 6.98. The predicted octanol–water partition coefficient (Wildman–Crippen LogP) is 4.26. The lowest BCUT2D eigenvalue weighted by Crippen LogP contribution is -2.20. The zero-order chi connectivity index (χ0) is 14.4. The molecule has 0 heterocycles. The summed E-state index contributed by atoms with van der Waals surface area (Å²) < 4.78 is 13.9. The van der Waals surface area contributed by atoms with Crippen LogP contribution in [0.5, 0.6) is 0 Å². The highest BCUT2D eigenvalue weighted by molar-refractivity contribution is 5.66. The molecule has 0 fully saturated rings. The first kappa shape index (κ1) is 14.5. The van der Waals surface area contributed by atoms with Gasteiger partial charge < -0.3 is 10.0 Å². The van der Waals surface area contributed by atoms with Gasteiger partial charge in [-0.1, -0.05) is 37.6 Å². The van der Waals surface area contributed by atoms with E-state index in [4.69, 9.17) is 0 Å². The van der Waals surface area contributed by atoms with E-state index in [0.717, 1.165) is 30.8 Å². The van der Waals surface area contributed by atoms with Crippen molar-refractivity contribution < 1.29 is 9.50 Å². The number of unbranched alkanes of at least 4 members (excludes halogenated alkanes) is 1. The minimum Gasteiger partial charge on any atom is -0.391 e. The number of benzene rings is 2. The Hall–Kier alpha value is -1.87. The maximum atomic E-state index is 13.9. The third-order valence-electron chi connectivity index (χ3n) is 3.35. The van der Waals surface area contributed by atoms with Crippen molar-refractivity contribution in [2.75, 3.05) is 11.4 Å². The van der Waals surface area contributed by atoms with E-state index in [1.165, 1.54) is 6.07 Å². The molecular formula is C17H20FNO. The summed E-state index contributed by atoms with van der Waals surface area (Å²) in [4.78, 5) is 2.07. The Morgan fingerprint density at radius 1 is 1.05 bits per heavy atom. The van der Waals surface area contributed by atoms with Gasteiger partial charge in [-0.2, -0.15) is 0 Å². The van der Waals surface area contributed by atoms with Crippen LogP contribution < -0.4 is 4.90 Å². The molecule has 0 unspecified atom stereocenters. The molecule has 0 saturated heterocycles.